The molecule has 0 saturated heterocycles. The molecule has 10 nitrogen and oxygen atoms in total. The Morgan fingerprint density at radius 3 is 2.42 bits per heavy atom. The van der Waals surface area contributed by atoms with Crippen LogP contribution in [0.5, 0.6) is 0 Å². The highest BCUT2D eigenvalue weighted by Gasteiger charge is 2.33. The first-order valence-electron chi connectivity index (χ1n) is 14.5. The molecular formula is C33H33FN2O8S. The Labute approximate surface area is 259 Å². The Morgan fingerprint density at radius 1 is 1.04 bits per heavy atom. The Hall–Kier alpha value is -4.55. The molecule has 0 spiro atoms. The second-order valence-corrected chi connectivity index (χ2v) is 12.9. The number of sulfonamides is 1. The first kappa shape index (κ1) is 31.9. The van der Waals surface area contributed by atoms with Crippen molar-refractivity contribution in [2.75, 3.05) is 30.3 Å². The fraction of sp³-hybridized carbons (Fsp3) is 0.303. The maximum absolute atomic E-state index is 13.7. The molecule has 1 aliphatic carbocycles. The molecule has 5 rings (SSSR count). The number of furan rings is 1. The predicted molar refractivity (Wildman–Crippen MR) is 166 cm³/mol. The number of ether oxygens (including phenoxy) is 2. The zero-order valence-electron chi connectivity index (χ0n) is 24.9. The molecule has 0 atom stereocenters. The van der Waals surface area contributed by atoms with E-state index in [2.05, 4.69) is 0 Å². The summed E-state index contributed by atoms with van der Waals surface area (Å²) < 4.78 is 57.6. The van der Waals surface area contributed by atoms with Crippen molar-refractivity contribution in [3.05, 3.63) is 88.7 Å². The fourth-order valence-electron chi connectivity index (χ4n) is 5.27. The van der Waals surface area contributed by atoms with E-state index in [1.54, 1.807) is 18.2 Å². The summed E-state index contributed by atoms with van der Waals surface area (Å²) in [6.45, 7) is 2.07. The molecule has 1 aliphatic rings. The van der Waals surface area contributed by atoms with Crippen LogP contribution in [-0.4, -0.2) is 52.3 Å². The Morgan fingerprint density at radius 2 is 1.78 bits per heavy atom. The van der Waals surface area contributed by atoms with Crippen molar-refractivity contribution >= 4 is 44.5 Å². The number of Topliss-reactive ketones (excluding diaryl/α,β-unsaturated/α-hetero) is 1. The summed E-state index contributed by atoms with van der Waals surface area (Å²) >= 11 is 0. The number of amides is 1. The summed E-state index contributed by atoms with van der Waals surface area (Å²) in [4.78, 5) is 36.1. The number of carbonyl (C=O) groups is 3. The Bertz CT molecular complexity index is 1860. The number of benzene rings is 3. The number of anilines is 1. The van der Waals surface area contributed by atoms with Gasteiger partial charge in [0.2, 0.25) is 10.0 Å². The Kier molecular flexibility index (Phi) is 9.35. The molecule has 4 aromatic rings. The van der Waals surface area contributed by atoms with Crippen LogP contribution in [0.1, 0.15) is 63.9 Å². The lowest BCUT2D eigenvalue weighted by Crippen LogP contribution is -2.34. The van der Waals surface area contributed by atoms with Crippen molar-refractivity contribution in [2.24, 2.45) is 5.73 Å². The van der Waals surface area contributed by atoms with Gasteiger partial charge in [0, 0.05) is 29.2 Å². The summed E-state index contributed by atoms with van der Waals surface area (Å²) in [5, 5.41) is 0.310. The molecule has 0 bridgehead atoms. The minimum Gasteiger partial charge on any atom is -0.455 e. The topological polar surface area (TPSA) is 146 Å². The van der Waals surface area contributed by atoms with Gasteiger partial charge in [-0.1, -0.05) is 18.2 Å². The average Bonchev–Trinajstić information content (AvgIpc) is 3.75. The van der Waals surface area contributed by atoms with E-state index in [0.717, 1.165) is 24.7 Å². The van der Waals surface area contributed by atoms with Crippen LogP contribution in [0.3, 0.4) is 0 Å². The summed E-state index contributed by atoms with van der Waals surface area (Å²) in [6.07, 6.45) is 2.84. The average molecular weight is 637 g/mol. The number of primary amides is 1. The number of ketones is 1. The number of esters is 1. The summed E-state index contributed by atoms with van der Waals surface area (Å²) in [6, 6.07) is 15.9. The van der Waals surface area contributed by atoms with Crippen LogP contribution >= 0.6 is 0 Å². The van der Waals surface area contributed by atoms with Crippen molar-refractivity contribution in [2.45, 2.75) is 38.5 Å². The second-order valence-electron chi connectivity index (χ2n) is 11.0. The van der Waals surface area contributed by atoms with Crippen LogP contribution < -0.4 is 10.0 Å². The van der Waals surface area contributed by atoms with Gasteiger partial charge in [0.15, 0.2) is 5.78 Å². The summed E-state index contributed by atoms with van der Waals surface area (Å²) in [5.74, 6) is -1.47. The number of hydrogen-bond acceptors (Lipinski definition) is 8. The molecule has 1 saturated carbocycles. The Balaban J connectivity index is 1.41. The number of nitrogens with two attached hydrogens (primary N) is 1. The number of aryl methyl sites for hydroxylation is 1. The van der Waals surface area contributed by atoms with Gasteiger partial charge in [-0.05, 0) is 86.1 Å². The van der Waals surface area contributed by atoms with Crippen LogP contribution in [0.15, 0.2) is 65.1 Å². The molecule has 1 fully saturated rings. The number of halogens is 1. The molecule has 45 heavy (non-hydrogen) atoms. The highest BCUT2D eigenvalue weighted by molar-refractivity contribution is 7.92. The first-order valence-corrected chi connectivity index (χ1v) is 16.3. The van der Waals surface area contributed by atoms with E-state index in [4.69, 9.17) is 19.6 Å². The van der Waals surface area contributed by atoms with E-state index in [0.29, 0.717) is 47.2 Å². The summed E-state index contributed by atoms with van der Waals surface area (Å²) in [5.41, 5.74) is 8.32. The molecule has 1 aromatic heterocycles. The van der Waals surface area contributed by atoms with Crippen LogP contribution in [0.4, 0.5) is 14.9 Å². The van der Waals surface area contributed by atoms with Gasteiger partial charge in [0.05, 0.1) is 25.1 Å². The molecule has 236 valence electrons. The van der Waals surface area contributed by atoms with E-state index < -0.39 is 27.9 Å². The lowest BCUT2D eigenvalue weighted by Gasteiger charge is -2.25. The maximum atomic E-state index is 13.7. The SMILES string of the molecule is CC(=O)c1cccc(CCCOCCN(c2cc3oc(-c4ccc(F)cc4)c(C(=O)OC(N)=O)c3cc2C2CC2)S(C)(=O)=O)c1. The fourth-order valence-corrected chi connectivity index (χ4v) is 6.20. The van der Waals surface area contributed by atoms with Gasteiger partial charge in [0.1, 0.15) is 22.7 Å². The zero-order chi connectivity index (χ0) is 32.3. The quantitative estimate of drug-likeness (QED) is 0.0818. The summed E-state index contributed by atoms with van der Waals surface area (Å²) in [7, 11) is -3.77. The normalized spacial score (nSPS) is 13.1. The molecule has 12 heteroatoms. The largest absolute Gasteiger partial charge is 0.455 e. The smallest absolute Gasteiger partial charge is 0.412 e. The molecule has 1 amide bonds. The number of rotatable bonds is 13. The standard InChI is InChI=1S/C33H33FN2O8S/c1-20(37)24-7-3-5-21(17-24)6-4-15-42-16-14-36(45(2,40)41)28-19-29-27(18-26(28)22-8-9-22)30(32(38)44-33(35)39)31(43-29)23-10-12-25(34)13-11-23/h3,5,7,10-13,17-19,22H,4,6,8-9,14-16H2,1-2H3,(H2,35,39). The van der Waals surface area contributed by atoms with Gasteiger partial charge in [0.25, 0.3) is 0 Å². The molecule has 0 unspecified atom stereocenters. The third-order valence-electron chi connectivity index (χ3n) is 7.55. The minimum atomic E-state index is -3.77. The first-order chi connectivity index (χ1) is 21.4. The van der Waals surface area contributed by atoms with E-state index in [9.17, 15) is 27.2 Å². The van der Waals surface area contributed by atoms with Gasteiger partial charge >= 0.3 is 12.1 Å². The molecule has 2 N–H and O–H groups in total. The monoisotopic (exact) mass is 636 g/mol. The maximum Gasteiger partial charge on any atom is 0.412 e. The van der Waals surface area contributed by atoms with E-state index >= 15 is 0 Å². The van der Waals surface area contributed by atoms with Crippen LogP contribution in [-0.2, 0) is 25.9 Å². The minimum absolute atomic E-state index is 0.000709. The molecule has 0 aliphatic heterocycles. The lowest BCUT2D eigenvalue weighted by molar-refractivity contribution is 0.0640. The van der Waals surface area contributed by atoms with E-state index in [-0.39, 0.29) is 41.8 Å². The van der Waals surface area contributed by atoms with Gasteiger partial charge < -0.3 is 19.6 Å². The van der Waals surface area contributed by atoms with Crippen molar-refractivity contribution < 1.29 is 41.1 Å². The van der Waals surface area contributed by atoms with Gasteiger partial charge in [-0.25, -0.2) is 22.4 Å². The second kappa shape index (κ2) is 13.2. The third-order valence-corrected chi connectivity index (χ3v) is 8.73. The highest BCUT2D eigenvalue weighted by atomic mass is 32.2. The van der Waals surface area contributed by atoms with Crippen molar-refractivity contribution in [1.82, 2.24) is 0 Å². The van der Waals surface area contributed by atoms with Gasteiger partial charge in [-0.2, -0.15) is 0 Å². The molecular weight excluding hydrogens is 603 g/mol. The van der Waals surface area contributed by atoms with Crippen molar-refractivity contribution in [1.29, 1.82) is 0 Å². The zero-order valence-corrected chi connectivity index (χ0v) is 25.7. The molecule has 3 aromatic carbocycles. The molecule has 1 heterocycles. The van der Waals surface area contributed by atoms with Crippen molar-refractivity contribution in [3.63, 3.8) is 0 Å². The van der Waals surface area contributed by atoms with Gasteiger partial charge in [-0.3, -0.25) is 9.10 Å². The van der Waals surface area contributed by atoms with Crippen LogP contribution in [0.2, 0.25) is 0 Å². The predicted octanol–water partition coefficient (Wildman–Crippen LogP) is 5.97. The third kappa shape index (κ3) is 7.58. The number of hydrogen-bond donors (Lipinski definition) is 1. The van der Waals surface area contributed by atoms with E-state index in [1.165, 1.54) is 35.5 Å². The van der Waals surface area contributed by atoms with Gasteiger partial charge in [-0.15, -0.1) is 0 Å². The van der Waals surface area contributed by atoms with Crippen LogP contribution in [0, 0.1) is 5.82 Å². The number of fused-ring (bicyclic) bond motifs is 1. The van der Waals surface area contributed by atoms with Crippen LogP contribution in [0.25, 0.3) is 22.3 Å². The lowest BCUT2D eigenvalue weighted by atomic mass is 10.0. The number of nitrogens with zero attached hydrogens (tertiary/aromatic N) is 1. The highest BCUT2D eigenvalue weighted by Crippen LogP contribution is 2.48. The van der Waals surface area contributed by atoms with E-state index in [1.807, 2.05) is 18.2 Å². The molecule has 0 radical (unpaired) electrons. The van der Waals surface area contributed by atoms with Crippen molar-refractivity contribution in [3.8, 4) is 11.3 Å². The number of carbonyl (C=O) groups excluding carboxylic acids is 3.